The van der Waals surface area contributed by atoms with Crippen molar-refractivity contribution in [3.63, 3.8) is 0 Å². The van der Waals surface area contributed by atoms with Crippen molar-refractivity contribution >= 4 is 28.6 Å². The highest BCUT2D eigenvalue weighted by molar-refractivity contribution is 6.35. The van der Waals surface area contributed by atoms with Crippen molar-refractivity contribution in [1.29, 1.82) is 0 Å². The van der Waals surface area contributed by atoms with Gasteiger partial charge in [-0.25, -0.2) is 13.2 Å². The molecule has 0 saturated carbocycles. The van der Waals surface area contributed by atoms with Crippen molar-refractivity contribution in [3.05, 3.63) is 74.9 Å². The number of nitrogens with one attached hydrogen (secondary N) is 1. The lowest BCUT2D eigenvalue weighted by Crippen LogP contribution is -2.45. The van der Waals surface area contributed by atoms with Crippen LogP contribution in [0.15, 0.2) is 36.4 Å². The van der Waals surface area contributed by atoms with Crippen molar-refractivity contribution < 1.29 is 23.0 Å². The Morgan fingerprint density at radius 2 is 1.72 bits per heavy atom. The molecule has 0 radical (unpaired) electrons. The number of hydrogen-bond acceptors (Lipinski definition) is 3. The van der Waals surface area contributed by atoms with Crippen molar-refractivity contribution in [2.75, 3.05) is 5.32 Å². The lowest BCUT2D eigenvalue weighted by molar-refractivity contribution is 0.443. The molecule has 0 aromatic heterocycles. The summed E-state index contributed by atoms with van der Waals surface area (Å²) in [6.45, 7) is 6.15. The molecule has 0 unspecified atom stereocenters. The molecule has 3 aromatic carbocycles. The fourth-order valence-corrected chi connectivity index (χ4v) is 4.95. The zero-order valence-electron chi connectivity index (χ0n) is 17.5. The van der Waals surface area contributed by atoms with Crippen LogP contribution in [0, 0.1) is 17.5 Å². The Hall–Kier alpha value is -3.12. The van der Waals surface area contributed by atoms with E-state index in [4.69, 9.17) is 16.3 Å². The van der Waals surface area contributed by atoms with Crippen LogP contribution in [0.5, 0.6) is 11.5 Å². The minimum Gasteiger partial charge on any atom is -0.506 e. The highest BCUT2D eigenvalue weighted by Crippen LogP contribution is 2.44. The molecule has 0 amide bonds. The highest BCUT2D eigenvalue weighted by atomic mass is 35.5. The zero-order chi connectivity index (χ0) is 22.9. The van der Waals surface area contributed by atoms with Crippen LogP contribution in [0.4, 0.5) is 18.9 Å². The second-order valence-corrected chi connectivity index (χ2v) is 9.21. The van der Waals surface area contributed by atoms with Gasteiger partial charge in [-0.05, 0) is 63.1 Å². The Morgan fingerprint density at radius 3 is 2.41 bits per heavy atom. The number of fused-ring (bicyclic) bond motifs is 5. The maximum Gasteiger partial charge on any atom is 0.194 e. The van der Waals surface area contributed by atoms with E-state index in [1.165, 1.54) is 12.1 Å². The second kappa shape index (κ2) is 6.94. The number of rotatable bonds is 1. The third-order valence-electron chi connectivity index (χ3n) is 5.85. The van der Waals surface area contributed by atoms with E-state index in [0.29, 0.717) is 22.1 Å². The molecular weight excluding hydrogens is 439 g/mol. The molecule has 0 fully saturated rings. The van der Waals surface area contributed by atoms with E-state index in [1.54, 1.807) is 0 Å². The van der Waals surface area contributed by atoms with Gasteiger partial charge in [-0.1, -0.05) is 23.2 Å². The van der Waals surface area contributed by atoms with Crippen LogP contribution in [0.25, 0.3) is 22.5 Å². The molecule has 2 aliphatic heterocycles. The summed E-state index contributed by atoms with van der Waals surface area (Å²) >= 11 is 6.44. The number of hydrogen-bond donors (Lipinski definition) is 2. The van der Waals surface area contributed by atoms with Crippen LogP contribution in [-0.4, -0.2) is 10.6 Å². The summed E-state index contributed by atoms with van der Waals surface area (Å²) in [6, 6.07) is 8.50. The lowest BCUT2D eigenvalue weighted by Gasteiger charge is -2.34. The first kappa shape index (κ1) is 20.8. The quantitative estimate of drug-likeness (QED) is 0.478. The molecule has 0 bridgehead atoms. The Bertz CT molecular complexity index is 1420. The Morgan fingerprint density at radius 1 is 1.03 bits per heavy atom. The van der Waals surface area contributed by atoms with Gasteiger partial charge < -0.3 is 15.2 Å². The molecule has 3 nitrogen and oxygen atoms in total. The van der Waals surface area contributed by atoms with Gasteiger partial charge in [0, 0.05) is 32.8 Å². The van der Waals surface area contributed by atoms with Gasteiger partial charge in [0.1, 0.15) is 17.3 Å². The van der Waals surface area contributed by atoms with E-state index in [2.05, 4.69) is 19.2 Å². The molecule has 0 atom stereocenters. The minimum atomic E-state index is -1.54. The van der Waals surface area contributed by atoms with Crippen LogP contribution >= 0.6 is 11.6 Å². The van der Waals surface area contributed by atoms with E-state index >= 15 is 0 Å². The minimum absolute atomic E-state index is 0.0588. The molecule has 5 rings (SSSR count). The second-order valence-electron chi connectivity index (χ2n) is 8.83. The van der Waals surface area contributed by atoms with E-state index < -0.39 is 17.5 Å². The average molecular weight is 458 g/mol. The molecule has 0 aliphatic carbocycles. The Labute approximate surface area is 187 Å². The van der Waals surface area contributed by atoms with Crippen LogP contribution < -0.4 is 20.5 Å². The molecule has 0 spiro atoms. The number of phenolic OH excluding ortho intramolecular Hbond substituents is 1. The summed E-state index contributed by atoms with van der Waals surface area (Å²) < 4.78 is 48.1. The molecule has 3 aromatic rings. The van der Waals surface area contributed by atoms with Crippen LogP contribution in [-0.2, 0) is 0 Å². The molecule has 2 aliphatic rings. The summed E-state index contributed by atoms with van der Waals surface area (Å²) in [7, 11) is 0. The average Bonchev–Trinajstić information content (AvgIpc) is 2.72. The fourth-order valence-electron chi connectivity index (χ4n) is 4.69. The van der Waals surface area contributed by atoms with Gasteiger partial charge in [-0.3, -0.25) is 0 Å². The number of ether oxygens (including phenoxy) is 1. The number of anilines is 1. The van der Waals surface area contributed by atoms with Gasteiger partial charge in [0.15, 0.2) is 17.5 Å². The van der Waals surface area contributed by atoms with Gasteiger partial charge in [-0.15, -0.1) is 0 Å². The van der Waals surface area contributed by atoms with Crippen LogP contribution in [0.2, 0.25) is 5.02 Å². The summed E-state index contributed by atoms with van der Waals surface area (Å²) in [6.07, 6.45) is 0.719. The third kappa shape index (κ3) is 3.05. The monoisotopic (exact) mass is 457 g/mol. The molecule has 32 heavy (non-hydrogen) atoms. The van der Waals surface area contributed by atoms with Gasteiger partial charge >= 0.3 is 0 Å². The third-order valence-corrected chi connectivity index (χ3v) is 6.23. The fraction of sp³-hybridized carbons (Fsp3) is 0.200. The summed E-state index contributed by atoms with van der Waals surface area (Å²) in [5.74, 6) is -3.76. The van der Waals surface area contributed by atoms with Gasteiger partial charge in [0.25, 0.3) is 0 Å². The molecule has 164 valence electrons. The SMILES string of the molecule is CC1=c2c(ccc3c2=C(c2cc(F)c(F)c(F)c2)Oc2ccc(O)c(Cl)c2-3)NC(C)(C)C1. The van der Waals surface area contributed by atoms with E-state index in [-0.39, 0.29) is 27.6 Å². The van der Waals surface area contributed by atoms with E-state index in [0.717, 1.165) is 35.0 Å². The maximum absolute atomic E-state index is 14.1. The van der Waals surface area contributed by atoms with Gasteiger partial charge in [0.2, 0.25) is 0 Å². The van der Waals surface area contributed by atoms with Crippen molar-refractivity contribution in [2.45, 2.75) is 32.7 Å². The predicted molar refractivity (Wildman–Crippen MR) is 119 cm³/mol. The number of phenols is 1. The van der Waals surface area contributed by atoms with Gasteiger partial charge in [-0.2, -0.15) is 0 Å². The summed E-state index contributed by atoms with van der Waals surface area (Å²) in [5.41, 5.74) is 2.87. The Balaban J connectivity index is 1.98. The molecule has 2 N–H and O–H groups in total. The zero-order valence-corrected chi connectivity index (χ0v) is 18.3. The number of aromatic hydroxyl groups is 1. The van der Waals surface area contributed by atoms with Crippen LogP contribution in [0.3, 0.4) is 0 Å². The van der Waals surface area contributed by atoms with Crippen molar-refractivity contribution in [2.24, 2.45) is 0 Å². The standard InChI is InChI=1S/C25H19ClF3NO2/c1-11-10-25(2,3)30-16-5-4-13-20-18(7-6-17(31)22(20)26)32-24(21(13)19(11)16)12-8-14(27)23(29)15(28)9-12/h4-9,30-31H,10H2,1-3H3. The normalized spacial score (nSPS) is 16.0. The largest absolute Gasteiger partial charge is 0.506 e. The first-order valence-corrected chi connectivity index (χ1v) is 10.4. The van der Waals surface area contributed by atoms with Crippen LogP contribution in [0.1, 0.15) is 32.8 Å². The number of benzene rings is 3. The highest BCUT2D eigenvalue weighted by Gasteiger charge is 2.30. The van der Waals surface area contributed by atoms with Gasteiger partial charge in [0.05, 0.1) is 5.02 Å². The maximum atomic E-state index is 14.1. The smallest absolute Gasteiger partial charge is 0.194 e. The molecule has 7 heteroatoms. The van der Waals surface area contributed by atoms with Crippen molar-refractivity contribution in [1.82, 2.24) is 0 Å². The topological polar surface area (TPSA) is 41.5 Å². The first-order chi connectivity index (χ1) is 15.1. The number of halogens is 4. The first-order valence-electron chi connectivity index (χ1n) is 10.1. The van der Waals surface area contributed by atoms with E-state index in [1.807, 2.05) is 19.1 Å². The van der Waals surface area contributed by atoms with Crippen molar-refractivity contribution in [3.8, 4) is 22.6 Å². The molecular formula is C25H19ClF3NO2. The summed E-state index contributed by atoms with van der Waals surface area (Å²) in [5, 5.41) is 15.2. The lowest BCUT2D eigenvalue weighted by atomic mass is 9.86. The Kier molecular flexibility index (Phi) is 4.50. The predicted octanol–water partition coefficient (Wildman–Crippen LogP) is 5.44. The molecule has 0 saturated heterocycles. The summed E-state index contributed by atoms with van der Waals surface area (Å²) in [4.78, 5) is 0. The van der Waals surface area contributed by atoms with E-state index in [9.17, 15) is 18.3 Å². The molecule has 2 heterocycles.